The topological polar surface area (TPSA) is 62.3 Å². The number of carbonyl (C=O) groups is 2. The molecule has 0 spiro atoms. The Hall–Kier alpha value is -2.69. The first kappa shape index (κ1) is 17.1. The van der Waals surface area contributed by atoms with Gasteiger partial charge in [-0.2, -0.15) is 0 Å². The highest BCUT2D eigenvalue weighted by atomic mass is 16.2. The number of aryl methyl sites for hydroxylation is 1. The van der Waals surface area contributed by atoms with Crippen molar-refractivity contribution in [3.05, 3.63) is 65.5 Å². The monoisotopic (exact) mass is 337 g/mol. The van der Waals surface area contributed by atoms with Gasteiger partial charge in [-0.15, -0.1) is 0 Å². The van der Waals surface area contributed by atoms with Gasteiger partial charge in [-0.05, 0) is 30.5 Å². The summed E-state index contributed by atoms with van der Waals surface area (Å²) in [5.41, 5.74) is 3.12. The molecule has 2 atom stereocenters. The van der Waals surface area contributed by atoms with Crippen molar-refractivity contribution in [2.75, 3.05) is 7.05 Å². The fourth-order valence-electron chi connectivity index (χ4n) is 3.36. The molecule has 1 N–H and O–H groups in total. The number of benzene rings is 1. The Morgan fingerprint density at radius 1 is 1.28 bits per heavy atom. The van der Waals surface area contributed by atoms with Crippen LogP contribution in [0.5, 0.6) is 0 Å². The highest BCUT2D eigenvalue weighted by Crippen LogP contribution is 2.36. The highest BCUT2D eigenvalue weighted by molar-refractivity contribution is 5.84. The zero-order chi connectivity index (χ0) is 17.8. The van der Waals surface area contributed by atoms with E-state index in [0.717, 1.165) is 16.7 Å². The summed E-state index contributed by atoms with van der Waals surface area (Å²) >= 11 is 0. The molecule has 3 rings (SSSR count). The smallest absolute Gasteiger partial charge is 0.225 e. The highest BCUT2D eigenvalue weighted by Gasteiger charge is 2.38. The minimum absolute atomic E-state index is 0.0196. The Morgan fingerprint density at radius 3 is 2.72 bits per heavy atom. The first-order valence-corrected chi connectivity index (χ1v) is 8.55. The lowest BCUT2D eigenvalue weighted by Crippen LogP contribution is -2.46. The molecule has 2 aromatic rings. The summed E-state index contributed by atoms with van der Waals surface area (Å²) in [6, 6.07) is 11.6. The molecular formula is C20H23N3O2. The third-order valence-electron chi connectivity index (χ3n) is 4.81. The second-order valence-corrected chi connectivity index (χ2v) is 6.58. The molecule has 1 aromatic carbocycles. The Morgan fingerprint density at radius 2 is 2.04 bits per heavy atom. The molecule has 130 valence electrons. The van der Waals surface area contributed by atoms with Crippen LogP contribution in [0.25, 0.3) is 0 Å². The standard InChI is InChI=1S/C20H23N3O2/c1-14-5-7-16(8-6-14)19-17(9-10-18(24)23(19)2)20(25)22-13-15-4-3-11-21-12-15/h3-8,11-12,17,19H,9-10,13H2,1-2H3,(H,22,25)/t17-,19-/m1/s1. The average molecular weight is 337 g/mol. The van der Waals surface area contributed by atoms with Crippen LogP contribution in [0.3, 0.4) is 0 Å². The second-order valence-electron chi connectivity index (χ2n) is 6.58. The molecule has 1 saturated heterocycles. The summed E-state index contributed by atoms with van der Waals surface area (Å²) < 4.78 is 0. The zero-order valence-corrected chi connectivity index (χ0v) is 14.6. The number of piperidine rings is 1. The number of pyridine rings is 1. The third kappa shape index (κ3) is 3.87. The van der Waals surface area contributed by atoms with Gasteiger partial charge in [0.1, 0.15) is 0 Å². The minimum atomic E-state index is -0.248. The van der Waals surface area contributed by atoms with Crippen molar-refractivity contribution in [3.8, 4) is 0 Å². The molecule has 1 aromatic heterocycles. The normalized spacial score (nSPS) is 20.4. The van der Waals surface area contributed by atoms with Crippen LogP contribution in [0.1, 0.15) is 35.6 Å². The number of nitrogens with zero attached hydrogens (tertiary/aromatic N) is 2. The molecule has 25 heavy (non-hydrogen) atoms. The predicted octanol–water partition coefficient (Wildman–Crippen LogP) is 2.62. The van der Waals surface area contributed by atoms with Crippen LogP contribution >= 0.6 is 0 Å². The number of nitrogens with one attached hydrogen (secondary N) is 1. The van der Waals surface area contributed by atoms with Crippen molar-refractivity contribution in [2.45, 2.75) is 32.4 Å². The van der Waals surface area contributed by atoms with Gasteiger partial charge in [0, 0.05) is 32.4 Å². The average Bonchev–Trinajstić information content (AvgIpc) is 2.63. The van der Waals surface area contributed by atoms with E-state index < -0.39 is 0 Å². The Bertz CT molecular complexity index is 743. The fraction of sp³-hybridized carbons (Fsp3) is 0.350. The van der Waals surface area contributed by atoms with Crippen LogP contribution in [-0.2, 0) is 16.1 Å². The lowest BCUT2D eigenvalue weighted by Gasteiger charge is -2.38. The summed E-state index contributed by atoms with van der Waals surface area (Å²) in [5.74, 6) is -0.183. The first-order valence-electron chi connectivity index (χ1n) is 8.55. The number of hydrogen-bond donors (Lipinski definition) is 1. The number of aromatic nitrogens is 1. The van der Waals surface area contributed by atoms with Gasteiger partial charge >= 0.3 is 0 Å². The first-order chi connectivity index (χ1) is 12.1. The van der Waals surface area contributed by atoms with Gasteiger partial charge < -0.3 is 10.2 Å². The van der Waals surface area contributed by atoms with Gasteiger partial charge in [0.25, 0.3) is 0 Å². The zero-order valence-electron chi connectivity index (χ0n) is 14.6. The van der Waals surface area contributed by atoms with E-state index in [9.17, 15) is 9.59 Å². The van der Waals surface area contributed by atoms with E-state index in [1.165, 1.54) is 0 Å². The number of hydrogen-bond acceptors (Lipinski definition) is 3. The second kappa shape index (κ2) is 7.47. The summed E-state index contributed by atoms with van der Waals surface area (Å²) in [4.78, 5) is 30.8. The lowest BCUT2D eigenvalue weighted by atomic mass is 9.83. The number of amides is 2. The van der Waals surface area contributed by atoms with E-state index in [0.29, 0.717) is 19.4 Å². The van der Waals surface area contributed by atoms with Gasteiger partial charge in [0.15, 0.2) is 0 Å². The van der Waals surface area contributed by atoms with Crippen molar-refractivity contribution in [1.29, 1.82) is 0 Å². The maximum absolute atomic E-state index is 12.8. The van der Waals surface area contributed by atoms with E-state index in [2.05, 4.69) is 10.3 Å². The van der Waals surface area contributed by atoms with Crippen molar-refractivity contribution in [3.63, 3.8) is 0 Å². The fourth-order valence-corrected chi connectivity index (χ4v) is 3.36. The summed E-state index contributed by atoms with van der Waals surface area (Å²) in [6.07, 6.45) is 4.43. The lowest BCUT2D eigenvalue weighted by molar-refractivity contribution is -0.141. The maximum atomic E-state index is 12.8. The van der Waals surface area contributed by atoms with Gasteiger partial charge in [-0.1, -0.05) is 35.9 Å². The third-order valence-corrected chi connectivity index (χ3v) is 4.81. The molecule has 5 nitrogen and oxygen atoms in total. The Kier molecular flexibility index (Phi) is 5.12. The Labute approximate surface area is 148 Å². The molecule has 0 unspecified atom stereocenters. The van der Waals surface area contributed by atoms with E-state index >= 15 is 0 Å². The van der Waals surface area contributed by atoms with Gasteiger partial charge in [0.05, 0.1) is 12.0 Å². The summed E-state index contributed by atoms with van der Waals surface area (Å²) in [7, 11) is 1.79. The quantitative estimate of drug-likeness (QED) is 0.933. The molecule has 0 saturated carbocycles. The van der Waals surface area contributed by atoms with Gasteiger partial charge in [-0.25, -0.2) is 0 Å². The summed E-state index contributed by atoms with van der Waals surface area (Å²) in [6.45, 7) is 2.47. The number of rotatable bonds is 4. The van der Waals surface area contributed by atoms with Crippen molar-refractivity contribution < 1.29 is 9.59 Å². The van der Waals surface area contributed by atoms with Crippen LogP contribution < -0.4 is 5.32 Å². The molecule has 1 aliphatic heterocycles. The molecule has 0 radical (unpaired) electrons. The van der Waals surface area contributed by atoms with Crippen molar-refractivity contribution in [2.24, 2.45) is 5.92 Å². The SMILES string of the molecule is Cc1ccc([C@@H]2[C@H](C(=O)NCc3cccnc3)CCC(=O)N2C)cc1. The van der Waals surface area contributed by atoms with Crippen LogP contribution in [0.15, 0.2) is 48.8 Å². The minimum Gasteiger partial charge on any atom is -0.352 e. The molecule has 1 aliphatic rings. The van der Waals surface area contributed by atoms with E-state index in [-0.39, 0.29) is 23.8 Å². The van der Waals surface area contributed by atoms with Crippen molar-refractivity contribution in [1.82, 2.24) is 15.2 Å². The molecule has 1 fully saturated rings. The van der Waals surface area contributed by atoms with Gasteiger partial charge in [0.2, 0.25) is 11.8 Å². The number of likely N-dealkylation sites (tertiary alicyclic amines) is 1. The molecule has 0 aliphatic carbocycles. The Balaban J connectivity index is 1.78. The predicted molar refractivity (Wildman–Crippen MR) is 95.5 cm³/mol. The van der Waals surface area contributed by atoms with E-state index in [1.54, 1.807) is 24.3 Å². The summed E-state index contributed by atoms with van der Waals surface area (Å²) in [5, 5.41) is 3.00. The largest absolute Gasteiger partial charge is 0.352 e. The van der Waals surface area contributed by atoms with Crippen LogP contribution in [-0.4, -0.2) is 28.7 Å². The molecule has 5 heteroatoms. The van der Waals surface area contributed by atoms with Crippen molar-refractivity contribution >= 4 is 11.8 Å². The van der Waals surface area contributed by atoms with Gasteiger partial charge in [-0.3, -0.25) is 14.6 Å². The van der Waals surface area contributed by atoms with Crippen LogP contribution in [0, 0.1) is 12.8 Å². The van der Waals surface area contributed by atoms with E-state index in [4.69, 9.17) is 0 Å². The molecule has 2 heterocycles. The van der Waals surface area contributed by atoms with Crippen LogP contribution in [0.4, 0.5) is 0 Å². The molecule has 0 bridgehead atoms. The molecule has 2 amide bonds. The molecular weight excluding hydrogens is 314 g/mol. The maximum Gasteiger partial charge on any atom is 0.225 e. The number of carbonyl (C=O) groups excluding carboxylic acids is 2. The van der Waals surface area contributed by atoms with Crippen LogP contribution in [0.2, 0.25) is 0 Å². The van der Waals surface area contributed by atoms with E-state index in [1.807, 2.05) is 43.3 Å².